The molecule has 1 atom stereocenters. The summed E-state index contributed by atoms with van der Waals surface area (Å²) in [5.74, 6) is 1.07. The number of nitrogens with zero attached hydrogens (tertiary/aromatic N) is 3. The van der Waals surface area contributed by atoms with E-state index in [0.717, 1.165) is 11.1 Å². The van der Waals surface area contributed by atoms with E-state index in [1.807, 2.05) is 17.0 Å². The molecular formula is C20H24ClN3O4. The minimum absolute atomic E-state index is 0.0444. The number of β-amino-alcohol motifs (C(OH)–C–C–N with tert-alkyl or cyclic N) is 1. The summed E-state index contributed by atoms with van der Waals surface area (Å²) < 4.78 is 10.6. The van der Waals surface area contributed by atoms with E-state index < -0.39 is 6.10 Å². The fourth-order valence-electron chi connectivity index (χ4n) is 3.31. The van der Waals surface area contributed by atoms with Gasteiger partial charge in [-0.1, -0.05) is 17.7 Å². The van der Waals surface area contributed by atoms with Gasteiger partial charge in [0.25, 0.3) is 0 Å². The van der Waals surface area contributed by atoms with Gasteiger partial charge in [-0.3, -0.25) is 14.7 Å². The Balaban J connectivity index is 1.73. The van der Waals surface area contributed by atoms with Gasteiger partial charge in [0.15, 0.2) is 11.5 Å². The first kappa shape index (κ1) is 20.4. The van der Waals surface area contributed by atoms with Crippen LogP contribution in [-0.2, 0) is 17.9 Å². The van der Waals surface area contributed by atoms with Gasteiger partial charge in [-0.25, -0.2) is 0 Å². The number of aliphatic hydroxyl groups excluding tert-OH is 1. The number of aromatic nitrogens is 1. The van der Waals surface area contributed by atoms with Gasteiger partial charge in [0, 0.05) is 49.7 Å². The van der Waals surface area contributed by atoms with E-state index in [1.165, 1.54) is 0 Å². The number of amides is 1. The molecule has 0 aliphatic carbocycles. The van der Waals surface area contributed by atoms with Crippen molar-refractivity contribution in [2.75, 3.05) is 33.9 Å². The molecule has 1 aliphatic rings. The van der Waals surface area contributed by atoms with Crippen LogP contribution in [0.25, 0.3) is 0 Å². The average molecular weight is 406 g/mol. The lowest BCUT2D eigenvalue weighted by atomic mass is 10.1. The molecule has 150 valence electrons. The van der Waals surface area contributed by atoms with E-state index in [9.17, 15) is 9.90 Å². The number of methoxy groups -OCH3 is 2. The van der Waals surface area contributed by atoms with E-state index in [4.69, 9.17) is 21.1 Å². The van der Waals surface area contributed by atoms with E-state index in [0.29, 0.717) is 36.2 Å². The molecule has 0 bridgehead atoms. The molecule has 0 spiro atoms. The van der Waals surface area contributed by atoms with Crippen molar-refractivity contribution in [3.63, 3.8) is 0 Å². The standard InChI is InChI=1S/C20H24ClN3O4/c1-27-18-6-15(17(21)7-19(18)28-2)10-23-11-16(25)12-24(20(26)13-23)9-14-4-3-5-22-8-14/h3-8,16,25H,9-13H2,1-2H3/t16-/m0/s1. The fourth-order valence-corrected chi connectivity index (χ4v) is 3.52. The third-order valence-corrected chi connectivity index (χ3v) is 5.01. The molecule has 1 saturated heterocycles. The maximum Gasteiger partial charge on any atom is 0.237 e. The highest BCUT2D eigenvalue weighted by Crippen LogP contribution is 2.33. The molecule has 8 heteroatoms. The predicted octanol–water partition coefficient (Wildman–Crippen LogP) is 1.96. The quantitative estimate of drug-likeness (QED) is 0.791. The summed E-state index contributed by atoms with van der Waals surface area (Å²) in [5.41, 5.74) is 1.74. The molecular weight excluding hydrogens is 382 g/mol. The Morgan fingerprint density at radius 1 is 1.21 bits per heavy atom. The number of hydrogen-bond donors (Lipinski definition) is 1. The van der Waals surface area contributed by atoms with Gasteiger partial charge in [-0.15, -0.1) is 0 Å². The zero-order valence-corrected chi connectivity index (χ0v) is 16.7. The highest BCUT2D eigenvalue weighted by Gasteiger charge is 2.27. The fraction of sp³-hybridized carbons (Fsp3) is 0.400. The Labute approximate surface area is 169 Å². The first-order valence-electron chi connectivity index (χ1n) is 8.97. The molecule has 28 heavy (non-hydrogen) atoms. The Kier molecular flexibility index (Phi) is 6.72. The van der Waals surface area contributed by atoms with Crippen LogP contribution < -0.4 is 9.47 Å². The van der Waals surface area contributed by atoms with Crippen molar-refractivity contribution in [3.8, 4) is 11.5 Å². The predicted molar refractivity (Wildman–Crippen MR) is 105 cm³/mol. The van der Waals surface area contributed by atoms with Gasteiger partial charge >= 0.3 is 0 Å². The lowest BCUT2D eigenvalue weighted by Crippen LogP contribution is -2.36. The smallest absolute Gasteiger partial charge is 0.237 e. The molecule has 1 fully saturated rings. The molecule has 2 heterocycles. The van der Waals surface area contributed by atoms with Crippen LogP contribution in [-0.4, -0.2) is 65.8 Å². The zero-order chi connectivity index (χ0) is 20.1. The molecule has 1 amide bonds. The van der Waals surface area contributed by atoms with Crippen LogP contribution in [0.3, 0.4) is 0 Å². The summed E-state index contributed by atoms with van der Waals surface area (Å²) in [6.45, 7) is 1.70. The average Bonchev–Trinajstić information content (AvgIpc) is 2.81. The van der Waals surface area contributed by atoms with Crippen molar-refractivity contribution in [2.45, 2.75) is 19.2 Å². The molecule has 1 aromatic heterocycles. The number of benzene rings is 1. The van der Waals surface area contributed by atoms with E-state index >= 15 is 0 Å². The van der Waals surface area contributed by atoms with Crippen LogP contribution in [0.2, 0.25) is 5.02 Å². The number of carbonyl (C=O) groups is 1. The topological polar surface area (TPSA) is 75.1 Å². The number of hydrogen-bond acceptors (Lipinski definition) is 6. The molecule has 1 N–H and O–H groups in total. The second-order valence-corrected chi connectivity index (χ2v) is 7.16. The largest absolute Gasteiger partial charge is 0.493 e. The van der Waals surface area contributed by atoms with E-state index in [2.05, 4.69) is 4.98 Å². The molecule has 7 nitrogen and oxygen atoms in total. The van der Waals surface area contributed by atoms with Crippen LogP contribution in [0.15, 0.2) is 36.7 Å². The zero-order valence-electron chi connectivity index (χ0n) is 16.0. The minimum Gasteiger partial charge on any atom is -0.493 e. The maximum absolute atomic E-state index is 12.7. The third-order valence-electron chi connectivity index (χ3n) is 4.65. The van der Waals surface area contributed by atoms with Crippen LogP contribution in [0.1, 0.15) is 11.1 Å². The third kappa shape index (κ3) is 4.92. The van der Waals surface area contributed by atoms with Crippen LogP contribution in [0.5, 0.6) is 11.5 Å². The van der Waals surface area contributed by atoms with Gasteiger partial charge in [-0.05, 0) is 23.3 Å². The normalized spacial score (nSPS) is 18.1. The summed E-state index contributed by atoms with van der Waals surface area (Å²) in [6, 6.07) is 7.25. The second-order valence-electron chi connectivity index (χ2n) is 6.76. The minimum atomic E-state index is -0.651. The molecule has 0 radical (unpaired) electrons. The van der Waals surface area contributed by atoms with Gasteiger partial charge in [-0.2, -0.15) is 0 Å². The highest BCUT2D eigenvalue weighted by molar-refractivity contribution is 6.31. The molecule has 0 saturated carbocycles. The monoisotopic (exact) mass is 405 g/mol. The summed E-state index contributed by atoms with van der Waals surface area (Å²) in [7, 11) is 3.11. The van der Waals surface area contributed by atoms with Crippen molar-refractivity contribution in [2.24, 2.45) is 0 Å². The van der Waals surface area contributed by atoms with Gasteiger partial charge in [0.05, 0.1) is 26.9 Å². The Hall–Kier alpha value is -2.35. The van der Waals surface area contributed by atoms with Crippen molar-refractivity contribution in [1.82, 2.24) is 14.8 Å². The summed E-state index contributed by atoms with van der Waals surface area (Å²) in [6.07, 6.45) is 2.77. The molecule has 2 aromatic rings. The Bertz CT molecular complexity index is 819. The number of rotatable bonds is 6. The SMILES string of the molecule is COc1cc(Cl)c(CN2CC(=O)N(Cc3cccnc3)C[C@@H](O)C2)cc1OC. The van der Waals surface area contributed by atoms with Crippen molar-refractivity contribution in [3.05, 3.63) is 52.8 Å². The number of halogens is 1. The number of ether oxygens (including phenoxy) is 2. The Morgan fingerprint density at radius 2 is 1.96 bits per heavy atom. The Morgan fingerprint density at radius 3 is 2.64 bits per heavy atom. The molecule has 1 aliphatic heterocycles. The molecule has 1 aromatic carbocycles. The summed E-state index contributed by atoms with van der Waals surface area (Å²) >= 11 is 6.38. The van der Waals surface area contributed by atoms with E-state index in [1.54, 1.807) is 43.6 Å². The maximum atomic E-state index is 12.7. The second kappa shape index (κ2) is 9.23. The lowest BCUT2D eigenvalue weighted by molar-refractivity contribution is -0.132. The summed E-state index contributed by atoms with van der Waals surface area (Å²) in [5, 5.41) is 11.0. The summed E-state index contributed by atoms with van der Waals surface area (Å²) in [4.78, 5) is 20.4. The van der Waals surface area contributed by atoms with Crippen molar-refractivity contribution in [1.29, 1.82) is 0 Å². The first-order valence-corrected chi connectivity index (χ1v) is 9.35. The van der Waals surface area contributed by atoms with Crippen LogP contribution in [0, 0.1) is 0 Å². The number of aliphatic hydroxyl groups is 1. The molecule has 3 rings (SSSR count). The van der Waals surface area contributed by atoms with Gasteiger partial charge in [0.2, 0.25) is 5.91 Å². The number of carbonyl (C=O) groups excluding carboxylic acids is 1. The van der Waals surface area contributed by atoms with Crippen molar-refractivity contribution >= 4 is 17.5 Å². The van der Waals surface area contributed by atoms with Crippen LogP contribution >= 0.6 is 11.6 Å². The lowest BCUT2D eigenvalue weighted by Gasteiger charge is -2.22. The van der Waals surface area contributed by atoms with Gasteiger partial charge in [0.1, 0.15) is 0 Å². The number of pyridine rings is 1. The first-order chi connectivity index (χ1) is 13.5. The van der Waals surface area contributed by atoms with Crippen molar-refractivity contribution < 1.29 is 19.4 Å². The van der Waals surface area contributed by atoms with E-state index in [-0.39, 0.29) is 19.0 Å². The molecule has 0 unspecified atom stereocenters. The van der Waals surface area contributed by atoms with Crippen LogP contribution in [0.4, 0.5) is 0 Å². The highest BCUT2D eigenvalue weighted by atomic mass is 35.5. The van der Waals surface area contributed by atoms with Gasteiger partial charge < -0.3 is 19.5 Å².